The summed E-state index contributed by atoms with van der Waals surface area (Å²) in [5, 5.41) is 11.9. The second-order valence-electron chi connectivity index (χ2n) is 7.06. The van der Waals surface area contributed by atoms with E-state index in [2.05, 4.69) is 0 Å². The molecule has 0 bridgehead atoms. The molecule has 3 aromatic rings. The van der Waals surface area contributed by atoms with Crippen molar-refractivity contribution in [2.75, 3.05) is 20.2 Å². The lowest BCUT2D eigenvalue weighted by Gasteiger charge is -2.22. The number of nitrogens with zero attached hydrogens (tertiary/aromatic N) is 1. The van der Waals surface area contributed by atoms with Gasteiger partial charge < -0.3 is 23.9 Å². The highest BCUT2D eigenvalue weighted by Gasteiger charge is 2.30. The van der Waals surface area contributed by atoms with Crippen LogP contribution in [-0.2, 0) is 0 Å². The zero-order valence-electron chi connectivity index (χ0n) is 16.0. The number of benzene rings is 2. The number of ether oxygens (including phenoxy) is 2. The van der Waals surface area contributed by atoms with Crippen molar-refractivity contribution in [1.29, 1.82) is 0 Å². The SMILES string of the molecule is COc1cccc(O[C@H]2CCN(C(=O)c3cc4cc(Cl)ccc4o3)CC[C@@H]2O)c1. The molecule has 1 saturated heterocycles. The Bertz CT molecular complexity index is 1020. The summed E-state index contributed by atoms with van der Waals surface area (Å²) in [5.41, 5.74) is 0.617. The Hall–Kier alpha value is -2.70. The number of fused-ring (bicyclic) bond motifs is 1. The van der Waals surface area contributed by atoms with Crippen molar-refractivity contribution < 1.29 is 23.8 Å². The minimum Gasteiger partial charge on any atom is -0.497 e. The summed E-state index contributed by atoms with van der Waals surface area (Å²) in [6.07, 6.45) is -0.148. The van der Waals surface area contributed by atoms with Gasteiger partial charge in [0.1, 0.15) is 23.2 Å². The van der Waals surface area contributed by atoms with Crippen LogP contribution in [0.25, 0.3) is 11.0 Å². The van der Waals surface area contributed by atoms with Gasteiger partial charge in [0.05, 0.1) is 13.2 Å². The van der Waals surface area contributed by atoms with Crippen LogP contribution >= 0.6 is 11.6 Å². The molecule has 1 N–H and O–H groups in total. The molecule has 0 radical (unpaired) electrons. The van der Waals surface area contributed by atoms with Gasteiger partial charge in [0, 0.05) is 36.0 Å². The number of carbonyl (C=O) groups excluding carboxylic acids is 1. The molecule has 1 aliphatic heterocycles. The molecule has 2 heterocycles. The topological polar surface area (TPSA) is 72.1 Å². The van der Waals surface area contributed by atoms with E-state index in [1.54, 1.807) is 42.3 Å². The molecular weight excluding hydrogens is 394 g/mol. The number of amides is 1. The number of rotatable bonds is 4. The Morgan fingerprint density at radius 2 is 1.93 bits per heavy atom. The normalized spacial score (nSPS) is 19.8. The van der Waals surface area contributed by atoms with Crippen LogP contribution < -0.4 is 9.47 Å². The van der Waals surface area contributed by atoms with Crippen LogP contribution in [-0.4, -0.2) is 48.3 Å². The van der Waals surface area contributed by atoms with Crippen molar-refractivity contribution in [3.05, 3.63) is 59.3 Å². The molecule has 6 nitrogen and oxygen atoms in total. The molecule has 0 unspecified atom stereocenters. The minimum atomic E-state index is -0.673. The van der Waals surface area contributed by atoms with E-state index in [9.17, 15) is 9.90 Å². The standard InChI is InChI=1S/C22H22ClNO5/c1-27-16-3-2-4-17(13-16)28-20-8-10-24(9-7-18(20)25)22(26)21-12-14-11-15(23)5-6-19(14)29-21/h2-6,11-13,18,20,25H,7-10H2,1H3/t18-,20-/m0/s1. The van der Waals surface area contributed by atoms with Gasteiger partial charge in [-0.15, -0.1) is 0 Å². The van der Waals surface area contributed by atoms with Gasteiger partial charge in [-0.1, -0.05) is 17.7 Å². The predicted molar refractivity (Wildman–Crippen MR) is 110 cm³/mol. The van der Waals surface area contributed by atoms with Gasteiger partial charge in [-0.2, -0.15) is 0 Å². The molecule has 1 amide bonds. The summed E-state index contributed by atoms with van der Waals surface area (Å²) in [7, 11) is 1.59. The molecule has 4 rings (SSSR count). The summed E-state index contributed by atoms with van der Waals surface area (Å²) in [6, 6.07) is 14.2. The van der Waals surface area contributed by atoms with Crippen LogP contribution in [0.1, 0.15) is 23.4 Å². The average molecular weight is 416 g/mol. The van der Waals surface area contributed by atoms with Crippen molar-refractivity contribution in [2.24, 2.45) is 0 Å². The van der Waals surface area contributed by atoms with Gasteiger partial charge in [-0.05, 0) is 42.8 Å². The third-order valence-corrected chi connectivity index (χ3v) is 5.35. The Balaban J connectivity index is 1.45. The summed E-state index contributed by atoms with van der Waals surface area (Å²) in [5.74, 6) is 1.38. The van der Waals surface area contributed by atoms with Crippen molar-refractivity contribution >= 4 is 28.5 Å². The van der Waals surface area contributed by atoms with E-state index in [0.717, 1.165) is 5.39 Å². The van der Waals surface area contributed by atoms with E-state index < -0.39 is 12.2 Å². The van der Waals surface area contributed by atoms with Crippen molar-refractivity contribution in [1.82, 2.24) is 4.90 Å². The van der Waals surface area contributed by atoms with E-state index in [0.29, 0.717) is 48.0 Å². The van der Waals surface area contributed by atoms with Crippen LogP contribution in [0, 0.1) is 0 Å². The molecule has 152 valence electrons. The number of hydrogen-bond donors (Lipinski definition) is 1. The molecule has 0 spiro atoms. The van der Waals surface area contributed by atoms with Crippen molar-refractivity contribution in [3.8, 4) is 11.5 Å². The zero-order valence-corrected chi connectivity index (χ0v) is 16.8. The number of halogens is 1. The molecule has 1 aromatic heterocycles. The lowest BCUT2D eigenvalue weighted by molar-refractivity contribution is 0.0349. The third kappa shape index (κ3) is 4.33. The summed E-state index contributed by atoms with van der Waals surface area (Å²) in [4.78, 5) is 14.6. The largest absolute Gasteiger partial charge is 0.497 e. The Morgan fingerprint density at radius 3 is 2.76 bits per heavy atom. The van der Waals surface area contributed by atoms with Gasteiger partial charge in [-0.25, -0.2) is 0 Å². The Morgan fingerprint density at radius 1 is 1.14 bits per heavy atom. The van der Waals surface area contributed by atoms with E-state index >= 15 is 0 Å². The Kier molecular flexibility index (Phi) is 5.65. The van der Waals surface area contributed by atoms with E-state index in [-0.39, 0.29) is 11.7 Å². The van der Waals surface area contributed by atoms with E-state index in [1.165, 1.54) is 0 Å². The lowest BCUT2D eigenvalue weighted by Crippen LogP contribution is -2.32. The monoisotopic (exact) mass is 415 g/mol. The molecule has 7 heteroatoms. The fourth-order valence-electron chi connectivity index (χ4n) is 3.53. The number of hydrogen-bond acceptors (Lipinski definition) is 5. The van der Waals surface area contributed by atoms with Crippen LogP contribution in [0.5, 0.6) is 11.5 Å². The van der Waals surface area contributed by atoms with Gasteiger partial charge >= 0.3 is 0 Å². The molecule has 2 aromatic carbocycles. The number of carbonyl (C=O) groups is 1. The number of aliphatic hydroxyl groups is 1. The first-order valence-electron chi connectivity index (χ1n) is 9.50. The van der Waals surface area contributed by atoms with Crippen LogP contribution in [0.15, 0.2) is 52.9 Å². The molecule has 0 saturated carbocycles. The lowest BCUT2D eigenvalue weighted by atomic mass is 10.1. The smallest absolute Gasteiger partial charge is 0.289 e. The zero-order chi connectivity index (χ0) is 20.4. The van der Waals surface area contributed by atoms with Gasteiger partial charge in [0.15, 0.2) is 5.76 Å². The molecule has 2 atom stereocenters. The fraction of sp³-hybridized carbons (Fsp3) is 0.318. The molecule has 1 fully saturated rings. The third-order valence-electron chi connectivity index (χ3n) is 5.11. The van der Waals surface area contributed by atoms with Gasteiger partial charge in [-0.3, -0.25) is 4.79 Å². The maximum Gasteiger partial charge on any atom is 0.289 e. The van der Waals surface area contributed by atoms with E-state index in [1.807, 2.05) is 18.2 Å². The summed E-state index contributed by atoms with van der Waals surface area (Å²) >= 11 is 6.01. The van der Waals surface area contributed by atoms with Crippen molar-refractivity contribution in [3.63, 3.8) is 0 Å². The number of likely N-dealkylation sites (tertiary alicyclic amines) is 1. The van der Waals surface area contributed by atoms with Gasteiger partial charge in [0.2, 0.25) is 0 Å². The Labute approximate surface area is 173 Å². The second kappa shape index (κ2) is 8.35. The quantitative estimate of drug-likeness (QED) is 0.693. The first-order valence-corrected chi connectivity index (χ1v) is 9.88. The van der Waals surface area contributed by atoms with Crippen LogP contribution in [0.3, 0.4) is 0 Å². The fourth-order valence-corrected chi connectivity index (χ4v) is 3.71. The predicted octanol–water partition coefficient (Wildman–Crippen LogP) is 4.14. The highest BCUT2D eigenvalue weighted by Crippen LogP contribution is 2.26. The summed E-state index contributed by atoms with van der Waals surface area (Å²) in [6.45, 7) is 0.887. The van der Waals surface area contributed by atoms with Crippen molar-refractivity contribution in [2.45, 2.75) is 25.0 Å². The van der Waals surface area contributed by atoms with Crippen LogP contribution in [0.4, 0.5) is 0 Å². The summed E-state index contributed by atoms with van der Waals surface area (Å²) < 4.78 is 16.9. The molecular formula is C22H22ClNO5. The number of aliphatic hydroxyl groups excluding tert-OH is 1. The first-order chi connectivity index (χ1) is 14.0. The maximum atomic E-state index is 12.9. The highest BCUT2D eigenvalue weighted by molar-refractivity contribution is 6.31. The minimum absolute atomic E-state index is 0.202. The second-order valence-corrected chi connectivity index (χ2v) is 7.50. The number of methoxy groups -OCH3 is 1. The first kappa shape index (κ1) is 19.6. The van der Waals surface area contributed by atoms with E-state index in [4.69, 9.17) is 25.5 Å². The molecule has 29 heavy (non-hydrogen) atoms. The highest BCUT2D eigenvalue weighted by atomic mass is 35.5. The average Bonchev–Trinajstić information content (AvgIpc) is 3.06. The number of furan rings is 1. The molecule has 1 aliphatic rings. The molecule has 0 aliphatic carbocycles. The van der Waals surface area contributed by atoms with Crippen LogP contribution in [0.2, 0.25) is 5.02 Å². The maximum absolute atomic E-state index is 12.9. The van der Waals surface area contributed by atoms with Gasteiger partial charge in [0.25, 0.3) is 5.91 Å².